The van der Waals surface area contributed by atoms with Gasteiger partial charge in [-0.15, -0.1) is 0 Å². The van der Waals surface area contributed by atoms with E-state index >= 15 is 0 Å². The summed E-state index contributed by atoms with van der Waals surface area (Å²) >= 11 is 0. The Morgan fingerprint density at radius 1 is 0.806 bits per heavy atom. The van der Waals surface area contributed by atoms with Gasteiger partial charge in [-0.05, 0) is 37.2 Å². The molecule has 1 aromatic carbocycles. The molecule has 0 aliphatic carbocycles. The summed E-state index contributed by atoms with van der Waals surface area (Å²) in [5, 5.41) is 10.7. The summed E-state index contributed by atoms with van der Waals surface area (Å²) in [6, 6.07) is 10.7. The van der Waals surface area contributed by atoms with Gasteiger partial charge in [-0.3, -0.25) is 0 Å². The fourth-order valence-electron chi connectivity index (χ4n) is 5.15. The Hall–Kier alpha value is -0.860. The van der Waals surface area contributed by atoms with Crippen molar-refractivity contribution in [1.29, 1.82) is 0 Å². The Morgan fingerprint density at radius 3 is 2.03 bits per heavy atom. The number of unbranched alkanes of at least 4 members (excludes halogenated alkanes) is 11. The van der Waals surface area contributed by atoms with Crippen molar-refractivity contribution in [3.8, 4) is 0 Å². The molecular formula is C29H50O2. The first kappa shape index (κ1) is 26.4. The van der Waals surface area contributed by atoms with Crippen LogP contribution >= 0.6 is 0 Å². The summed E-state index contributed by atoms with van der Waals surface area (Å²) in [7, 11) is 0. The van der Waals surface area contributed by atoms with E-state index in [9.17, 15) is 5.11 Å². The highest BCUT2D eigenvalue weighted by molar-refractivity contribution is 5.18. The third kappa shape index (κ3) is 11.0. The molecule has 1 N–H and O–H groups in total. The van der Waals surface area contributed by atoms with Crippen LogP contribution in [0.15, 0.2) is 30.3 Å². The molecule has 0 saturated carbocycles. The van der Waals surface area contributed by atoms with Crippen molar-refractivity contribution >= 4 is 0 Å². The van der Waals surface area contributed by atoms with Crippen LogP contribution in [0.2, 0.25) is 0 Å². The molecular weight excluding hydrogens is 380 g/mol. The van der Waals surface area contributed by atoms with Crippen molar-refractivity contribution in [1.82, 2.24) is 0 Å². The van der Waals surface area contributed by atoms with Crippen molar-refractivity contribution < 1.29 is 9.84 Å². The fraction of sp³-hybridized carbons (Fsp3) is 0.793. The van der Waals surface area contributed by atoms with Crippen LogP contribution in [0, 0.1) is 5.92 Å². The van der Waals surface area contributed by atoms with Gasteiger partial charge in [-0.2, -0.15) is 0 Å². The maximum absolute atomic E-state index is 10.7. The Kier molecular flexibility index (Phi) is 14.2. The smallest absolute Gasteiger partial charge is 0.0832 e. The minimum atomic E-state index is -0.206. The molecule has 0 unspecified atom stereocenters. The van der Waals surface area contributed by atoms with E-state index in [1.807, 2.05) is 0 Å². The first-order chi connectivity index (χ1) is 15.2. The predicted octanol–water partition coefficient (Wildman–Crippen LogP) is 8.78. The second-order valence-electron chi connectivity index (χ2n) is 9.93. The molecule has 1 fully saturated rings. The van der Waals surface area contributed by atoms with Crippen LogP contribution < -0.4 is 0 Å². The Labute approximate surface area is 193 Å². The molecule has 2 rings (SSSR count). The van der Waals surface area contributed by atoms with E-state index in [1.54, 1.807) is 0 Å². The van der Waals surface area contributed by atoms with Gasteiger partial charge in [0.05, 0.1) is 18.3 Å². The summed E-state index contributed by atoms with van der Waals surface area (Å²) in [6.45, 7) is 4.55. The molecule has 1 saturated heterocycles. The normalized spacial score (nSPS) is 22.1. The Balaban J connectivity index is 1.69. The second kappa shape index (κ2) is 16.7. The molecule has 1 heterocycles. The number of rotatable bonds is 18. The molecule has 1 aliphatic rings. The van der Waals surface area contributed by atoms with Gasteiger partial charge in [-0.25, -0.2) is 0 Å². The average Bonchev–Trinajstić information content (AvgIpc) is 3.18. The molecule has 178 valence electrons. The second-order valence-corrected chi connectivity index (χ2v) is 9.93. The Morgan fingerprint density at radius 2 is 1.39 bits per heavy atom. The van der Waals surface area contributed by atoms with E-state index in [-0.39, 0.29) is 18.3 Å². The zero-order valence-electron chi connectivity index (χ0n) is 20.6. The topological polar surface area (TPSA) is 29.5 Å². The number of aliphatic hydroxyl groups excluding tert-OH is 1. The molecule has 31 heavy (non-hydrogen) atoms. The number of benzene rings is 1. The van der Waals surface area contributed by atoms with E-state index in [0.29, 0.717) is 5.92 Å². The van der Waals surface area contributed by atoms with Gasteiger partial charge < -0.3 is 9.84 Å². The van der Waals surface area contributed by atoms with Crippen LogP contribution in [-0.4, -0.2) is 17.3 Å². The minimum Gasteiger partial charge on any atom is -0.393 e. The van der Waals surface area contributed by atoms with Crippen molar-refractivity contribution in [2.75, 3.05) is 0 Å². The lowest BCUT2D eigenvalue weighted by Crippen LogP contribution is -2.23. The number of hydrogen-bond donors (Lipinski definition) is 1. The lowest BCUT2D eigenvalue weighted by molar-refractivity contribution is -0.00290. The molecule has 4 atom stereocenters. The molecule has 2 nitrogen and oxygen atoms in total. The van der Waals surface area contributed by atoms with Gasteiger partial charge in [0.2, 0.25) is 0 Å². The maximum atomic E-state index is 10.7. The SMILES string of the molecule is CCCCCCCCCCC[C@H](O)C[C@@H]1O[C@H](c2ccccc2)C[C@H]1CCCCCC. The van der Waals surface area contributed by atoms with Crippen LogP contribution in [0.3, 0.4) is 0 Å². The fourth-order valence-corrected chi connectivity index (χ4v) is 5.15. The molecule has 0 aromatic heterocycles. The van der Waals surface area contributed by atoms with Crippen LogP contribution in [0.4, 0.5) is 0 Å². The van der Waals surface area contributed by atoms with E-state index in [0.717, 1.165) is 25.7 Å². The van der Waals surface area contributed by atoms with Crippen molar-refractivity contribution in [2.24, 2.45) is 5.92 Å². The molecule has 0 amide bonds. The molecule has 0 bridgehead atoms. The van der Waals surface area contributed by atoms with E-state index in [4.69, 9.17) is 4.74 Å². The predicted molar refractivity (Wildman–Crippen MR) is 133 cm³/mol. The zero-order chi connectivity index (χ0) is 22.2. The summed E-state index contributed by atoms with van der Waals surface area (Å²) in [5.74, 6) is 0.597. The van der Waals surface area contributed by atoms with E-state index in [2.05, 4.69) is 44.2 Å². The molecule has 2 heteroatoms. The standard InChI is InChI=1S/C29H50O2/c1-3-5-7-9-10-11-12-13-18-22-27(30)24-29-26(21-15-8-6-4-2)23-28(31-29)25-19-16-14-17-20-25/h14,16-17,19-20,26-30H,3-13,15,18,21-24H2,1-2H3/t26-,27+,28+,29+/m1/s1. The van der Waals surface area contributed by atoms with Gasteiger partial charge in [0.25, 0.3) is 0 Å². The summed E-state index contributed by atoms with van der Waals surface area (Å²) in [6.07, 6.45) is 21.6. The molecule has 0 radical (unpaired) electrons. The van der Waals surface area contributed by atoms with Crippen LogP contribution in [0.5, 0.6) is 0 Å². The van der Waals surface area contributed by atoms with Gasteiger partial charge in [0.1, 0.15) is 0 Å². The van der Waals surface area contributed by atoms with Crippen molar-refractivity contribution in [3.05, 3.63) is 35.9 Å². The van der Waals surface area contributed by atoms with Gasteiger partial charge in [-0.1, -0.05) is 128 Å². The largest absolute Gasteiger partial charge is 0.393 e. The first-order valence-corrected chi connectivity index (χ1v) is 13.6. The maximum Gasteiger partial charge on any atom is 0.0832 e. The van der Waals surface area contributed by atoms with Crippen LogP contribution in [-0.2, 0) is 4.74 Å². The average molecular weight is 431 g/mol. The van der Waals surface area contributed by atoms with Crippen molar-refractivity contribution in [3.63, 3.8) is 0 Å². The number of ether oxygens (including phenoxy) is 1. The molecule has 1 aromatic rings. The molecule has 1 aliphatic heterocycles. The monoisotopic (exact) mass is 430 g/mol. The highest BCUT2D eigenvalue weighted by atomic mass is 16.5. The molecule has 0 spiro atoms. The highest BCUT2D eigenvalue weighted by Gasteiger charge is 2.36. The lowest BCUT2D eigenvalue weighted by atomic mass is 9.88. The van der Waals surface area contributed by atoms with Crippen molar-refractivity contribution in [2.45, 2.75) is 141 Å². The van der Waals surface area contributed by atoms with Gasteiger partial charge >= 0.3 is 0 Å². The minimum absolute atomic E-state index is 0.206. The zero-order valence-corrected chi connectivity index (χ0v) is 20.6. The summed E-state index contributed by atoms with van der Waals surface area (Å²) < 4.78 is 6.52. The van der Waals surface area contributed by atoms with E-state index < -0.39 is 0 Å². The third-order valence-corrected chi connectivity index (χ3v) is 7.13. The summed E-state index contributed by atoms with van der Waals surface area (Å²) in [4.78, 5) is 0. The third-order valence-electron chi connectivity index (χ3n) is 7.13. The highest BCUT2D eigenvalue weighted by Crippen LogP contribution is 2.41. The lowest BCUT2D eigenvalue weighted by Gasteiger charge is -2.22. The summed E-state index contributed by atoms with van der Waals surface area (Å²) in [5.41, 5.74) is 1.30. The van der Waals surface area contributed by atoms with Gasteiger partial charge in [0.15, 0.2) is 0 Å². The van der Waals surface area contributed by atoms with E-state index in [1.165, 1.54) is 89.0 Å². The first-order valence-electron chi connectivity index (χ1n) is 13.6. The Bertz CT molecular complexity index is 529. The number of hydrogen-bond acceptors (Lipinski definition) is 2. The number of aliphatic hydroxyl groups is 1. The van der Waals surface area contributed by atoms with Gasteiger partial charge in [0, 0.05) is 0 Å². The van der Waals surface area contributed by atoms with Crippen LogP contribution in [0.25, 0.3) is 0 Å². The quantitative estimate of drug-likeness (QED) is 0.236. The van der Waals surface area contributed by atoms with Crippen LogP contribution in [0.1, 0.15) is 135 Å².